The van der Waals surface area contributed by atoms with Crippen LogP contribution in [0.1, 0.15) is 45.1 Å². The van der Waals surface area contributed by atoms with E-state index in [-0.39, 0.29) is 5.41 Å². The quantitative estimate of drug-likeness (QED) is 0.758. The predicted octanol–water partition coefficient (Wildman–Crippen LogP) is 4.93. The van der Waals surface area contributed by atoms with Crippen molar-refractivity contribution < 1.29 is 0 Å². The Morgan fingerprint density at radius 2 is 1.75 bits per heavy atom. The van der Waals surface area contributed by atoms with Crippen molar-refractivity contribution in [2.75, 3.05) is 6.54 Å². The van der Waals surface area contributed by atoms with Gasteiger partial charge in [-0.2, -0.15) is 0 Å². The Morgan fingerprint density at radius 3 is 2.45 bits per heavy atom. The summed E-state index contributed by atoms with van der Waals surface area (Å²) in [6, 6.07) is 15.3. The van der Waals surface area contributed by atoms with E-state index < -0.39 is 0 Å². The Labute approximate surface area is 123 Å². The lowest BCUT2D eigenvalue weighted by Crippen LogP contribution is -2.32. The van der Waals surface area contributed by atoms with Gasteiger partial charge >= 0.3 is 0 Å². The van der Waals surface area contributed by atoms with E-state index in [0.717, 1.165) is 19.4 Å². The zero-order valence-corrected chi connectivity index (χ0v) is 12.9. The fourth-order valence-electron chi connectivity index (χ4n) is 3.11. The minimum Gasteiger partial charge on any atom is -0.330 e. The lowest BCUT2D eigenvalue weighted by Gasteiger charge is -2.32. The first-order valence-corrected chi connectivity index (χ1v) is 7.91. The molecule has 2 aromatic rings. The van der Waals surface area contributed by atoms with Gasteiger partial charge in [0.05, 0.1) is 0 Å². The summed E-state index contributed by atoms with van der Waals surface area (Å²) in [5, 5.41) is 2.72. The Hall–Kier alpha value is -1.34. The van der Waals surface area contributed by atoms with Gasteiger partial charge in [-0.05, 0) is 47.6 Å². The summed E-state index contributed by atoms with van der Waals surface area (Å²) in [6.07, 6.45) is 6.01. The first-order chi connectivity index (χ1) is 9.74. The van der Waals surface area contributed by atoms with Crippen molar-refractivity contribution in [1.29, 1.82) is 0 Å². The van der Waals surface area contributed by atoms with Crippen molar-refractivity contribution in [3.05, 3.63) is 48.0 Å². The molecule has 0 amide bonds. The molecule has 0 aliphatic carbocycles. The topological polar surface area (TPSA) is 26.0 Å². The molecular weight excluding hydrogens is 242 g/mol. The average Bonchev–Trinajstić information content (AvgIpc) is 2.52. The molecule has 2 N–H and O–H groups in total. The molecule has 0 aliphatic rings. The smallest absolute Gasteiger partial charge is 0.00174 e. The maximum absolute atomic E-state index is 6.15. The van der Waals surface area contributed by atoms with Gasteiger partial charge in [0, 0.05) is 0 Å². The molecule has 1 heteroatoms. The van der Waals surface area contributed by atoms with Gasteiger partial charge in [0.2, 0.25) is 0 Å². The molecule has 0 aliphatic heterocycles. The first-order valence-electron chi connectivity index (χ1n) is 7.91. The van der Waals surface area contributed by atoms with Crippen LogP contribution in [0.4, 0.5) is 0 Å². The van der Waals surface area contributed by atoms with Gasteiger partial charge in [-0.1, -0.05) is 69.2 Å². The highest BCUT2D eigenvalue weighted by atomic mass is 14.6. The molecule has 2 rings (SSSR count). The lowest BCUT2D eigenvalue weighted by atomic mass is 9.74. The van der Waals surface area contributed by atoms with Crippen LogP contribution in [-0.2, 0) is 6.42 Å². The van der Waals surface area contributed by atoms with Crippen LogP contribution < -0.4 is 5.73 Å². The number of fused-ring (bicyclic) bond motifs is 1. The van der Waals surface area contributed by atoms with E-state index >= 15 is 0 Å². The number of benzene rings is 2. The third-order valence-electron chi connectivity index (χ3n) is 4.69. The molecule has 1 unspecified atom stereocenters. The van der Waals surface area contributed by atoms with Gasteiger partial charge in [0.1, 0.15) is 0 Å². The number of hydrogen-bond acceptors (Lipinski definition) is 1. The van der Waals surface area contributed by atoms with Gasteiger partial charge < -0.3 is 5.73 Å². The van der Waals surface area contributed by atoms with Crippen molar-refractivity contribution in [3.8, 4) is 0 Å². The van der Waals surface area contributed by atoms with Crippen molar-refractivity contribution in [2.45, 2.75) is 46.0 Å². The van der Waals surface area contributed by atoms with Gasteiger partial charge in [0.25, 0.3) is 0 Å². The number of rotatable bonds is 7. The molecule has 0 saturated heterocycles. The highest BCUT2D eigenvalue weighted by molar-refractivity contribution is 5.85. The molecule has 2 aromatic carbocycles. The van der Waals surface area contributed by atoms with Crippen LogP contribution in [0, 0.1) is 5.41 Å². The molecule has 1 atom stereocenters. The maximum atomic E-state index is 6.15. The second-order valence-corrected chi connectivity index (χ2v) is 5.98. The largest absolute Gasteiger partial charge is 0.330 e. The highest BCUT2D eigenvalue weighted by Crippen LogP contribution is 2.34. The molecule has 0 fully saturated rings. The van der Waals surface area contributed by atoms with Crippen LogP contribution in [0.15, 0.2) is 42.5 Å². The molecule has 0 aromatic heterocycles. The minimum atomic E-state index is 0.264. The standard InChI is InChI=1S/C19H27N/c1-3-5-13-19(4-2,15-20)14-17-11-8-10-16-9-6-7-12-18(16)17/h6-12H,3-5,13-15,20H2,1-2H3. The fraction of sp³-hybridized carbons (Fsp3) is 0.474. The molecule has 108 valence electrons. The van der Waals surface area contributed by atoms with E-state index in [1.165, 1.54) is 35.6 Å². The molecular formula is C19H27N. The van der Waals surface area contributed by atoms with Crippen LogP contribution >= 0.6 is 0 Å². The number of unbranched alkanes of at least 4 members (excludes halogenated alkanes) is 1. The molecule has 1 nitrogen and oxygen atoms in total. The molecule has 20 heavy (non-hydrogen) atoms. The second kappa shape index (κ2) is 6.90. The Morgan fingerprint density at radius 1 is 1.00 bits per heavy atom. The zero-order valence-electron chi connectivity index (χ0n) is 12.9. The van der Waals surface area contributed by atoms with Crippen molar-refractivity contribution in [1.82, 2.24) is 0 Å². The Bertz CT molecular complexity index is 535. The Kier molecular flexibility index (Phi) is 5.19. The molecule has 0 bridgehead atoms. The summed E-state index contributed by atoms with van der Waals surface area (Å²) >= 11 is 0. The second-order valence-electron chi connectivity index (χ2n) is 5.98. The van der Waals surface area contributed by atoms with Crippen LogP contribution in [0.3, 0.4) is 0 Å². The summed E-state index contributed by atoms with van der Waals surface area (Å²) in [7, 11) is 0. The third-order valence-corrected chi connectivity index (χ3v) is 4.69. The van der Waals surface area contributed by atoms with Crippen molar-refractivity contribution in [3.63, 3.8) is 0 Å². The van der Waals surface area contributed by atoms with Crippen LogP contribution in [-0.4, -0.2) is 6.54 Å². The minimum absolute atomic E-state index is 0.264. The monoisotopic (exact) mass is 269 g/mol. The van der Waals surface area contributed by atoms with Gasteiger partial charge in [-0.25, -0.2) is 0 Å². The highest BCUT2D eigenvalue weighted by Gasteiger charge is 2.26. The average molecular weight is 269 g/mol. The van der Waals surface area contributed by atoms with E-state index in [1.54, 1.807) is 0 Å². The molecule has 0 radical (unpaired) electrons. The predicted molar refractivity (Wildman–Crippen MR) is 89.0 cm³/mol. The van der Waals surface area contributed by atoms with Gasteiger partial charge in [-0.3, -0.25) is 0 Å². The summed E-state index contributed by atoms with van der Waals surface area (Å²) in [5.41, 5.74) is 7.87. The fourth-order valence-corrected chi connectivity index (χ4v) is 3.11. The third kappa shape index (κ3) is 3.21. The van der Waals surface area contributed by atoms with Crippen LogP contribution in [0.2, 0.25) is 0 Å². The summed E-state index contributed by atoms with van der Waals surface area (Å²) in [4.78, 5) is 0. The van der Waals surface area contributed by atoms with E-state index in [4.69, 9.17) is 5.73 Å². The lowest BCUT2D eigenvalue weighted by molar-refractivity contribution is 0.252. The van der Waals surface area contributed by atoms with Crippen LogP contribution in [0.25, 0.3) is 10.8 Å². The van der Waals surface area contributed by atoms with Crippen molar-refractivity contribution in [2.24, 2.45) is 11.1 Å². The summed E-state index contributed by atoms with van der Waals surface area (Å²) < 4.78 is 0. The van der Waals surface area contributed by atoms with Crippen LogP contribution in [0.5, 0.6) is 0 Å². The number of hydrogen-bond donors (Lipinski definition) is 1. The normalized spacial score (nSPS) is 14.3. The van der Waals surface area contributed by atoms with Gasteiger partial charge in [0.15, 0.2) is 0 Å². The van der Waals surface area contributed by atoms with E-state index in [9.17, 15) is 0 Å². The summed E-state index contributed by atoms with van der Waals surface area (Å²) in [6.45, 7) is 5.33. The number of nitrogens with two attached hydrogens (primary N) is 1. The van der Waals surface area contributed by atoms with Crippen molar-refractivity contribution >= 4 is 10.8 Å². The first kappa shape index (κ1) is 15.1. The van der Waals surface area contributed by atoms with E-state index in [2.05, 4.69) is 56.3 Å². The Balaban J connectivity index is 2.33. The molecule has 0 saturated carbocycles. The molecule has 0 spiro atoms. The van der Waals surface area contributed by atoms with E-state index in [0.29, 0.717) is 0 Å². The maximum Gasteiger partial charge on any atom is -0.00174 e. The zero-order chi connectivity index (χ0) is 14.4. The SMILES string of the molecule is CCCCC(CC)(CN)Cc1cccc2ccccc12. The summed E-state index contributed by atoms with van der Waals surface area (Å²) in [5.74, 6) is 0. The molecule has 0 heterocycles. The van der Waals surface area contributed by atoms with Gasteiger partial charge in [-0.15, -0.1) is 0 Å². The van der Waals surface area contributed by atoms with E-state index in [1.807, 2.05) is 0 Å².